The lowest BCUT2D eigenvalue weighted by Crippen LogP contribution is -2.39. The average molecular weight is 274 g/mol. The molecule has 3 rings (SSSR count). The zero-order chi connectivity index (χ0) is 13.6. The molecule has 1 amide bonds. The molecule has 1 aliphatic rings. The van der Waals surface area contributed by atoms with E-state index in [1.54, 1.807) is 49.5 Å². The normalized spacial score (nSPS) is 21.6. The van der Waals surface area contributed by atoms with Gasteiger partial charge in [0.05, 0.1) is 5.69 Å². The van der Waals surface area contributed by atoms with Crippen LogP contribution in [-0.4, -0.2) is 18.1 Å². The Bertz CT molecular complexity index is 656. The lowest BCUT2D eigenvalue weighted by atomic mass is 9.87. The fourth-order valence-corrected chi connectivity index (χ4v) is 2.69. The first kappa shape index (κ1) is 12.2. The van der Waals surface area contributed by atoms with Gasteiger partial charge in [-0.05, 0) is 23.8 Å². The fraction of sp³-hybridized carbons (Fsp3) is 0.133. The molecule has 0 aromatic heterocycles. The minimum atomic E-state index is -1.66. The molecule has 0 saturated heterocycles. The first-order chi connectivity index (χ1) is 9.05. The van der Waals surface area contributed by atoms with Gasteiger partial charge in [-0.25, -0.2) is 0 Å². The van der Waals surface area contributed by atoms with Crippen LogP contribution in [-0.2, 0) is 10.4 Å². The van der Waals surface area contributed by atoms with Crippen molar-refractivity contribution in [3.05, 3.63) is 64.7 Å². The molecule has 96 valence electrons. The van der Waals surface area contributed by atoms with Crippen molar-refractivity contribution in [2.24, 2.45) is 0 Å². The van der Waals surface area contributed by atoms with Crippen LogP contribution >= 0.6 is 11.6 Å². The number of nitrogens with zero attached hydrogens (tertiary/aromatic N) is 1. The minimum Gasteiger partial charge on any atom is -0.372 e. The Hall–Kier alpha value is -1.84. The number of benzene rings is 2. The van der Waals surface area contributed by atoms with Gasteiger partial charge in [-0.15, -0.1) is 0 Å². The topological polar surface area (TPSA) is 40.5 Å². The molecule has 3 nitrogen and oxygen atoms in total. The summed E-state index contributed by atoms with van der Waals surface area (Å²) in [7, 11) is 1.65. The highest BCUT2D eigenvalue weighted by atomic mass is 35.5. The number of aliphatic hydroxyl groups is 1. The summed E-state index contributed by atoms with van der Waals surface area (Å²) >= 11 is 5.99. The van der Waals surface area contributed by atoms with Crippen molar-refractivity contribution >= 4 is 23.2 Å². The second-order valence-electron chi connectivity index (χ2n) is 4.60. The summed E-state index contributed by atoms with van der Waals surface area (Å²) in [6.07, 6.45) is 0. The molecule has 0 unspecified atom stereocenters. The van der Waals surface area contributed by atoms with Crippen molar-refractivity contribution in [3.63, 3.8) is 0 Å². The molecule has 1 atom stereocenters. The first-order valence-electron chi connectivity index (χ1n) is 5.91. The number of anilines is 1. The van der Waals surface area contributed by atoms with Gasteiger partial charge in [-0.1, -0.05) is 41.9 Å². The van der Waals surface area contributed by atoms with Crippen LogP contribution < -0.4 is 4.90 Å². The van der Waals surface area contributed by atoms with E-state index in [2.05, 4.69) is 0 Å². The number of hydrogen-bond acceptors (Lipinski definition) is 2. The summed E-state index contributed by atoms with van der Waals surface area (Å²) in [5.74, 6) is -0.365. The zero-order valence-corrected chi connectivity index (χ0v) is 11.1. The Morgan fingerprint density at radius 1 is 1.16 bits per heavy atom. The van der Waals surface area contributed by atoms with Crippen molar-refractivity contribution in [2.75, 3.05) is 11.9 Å². The van der Waals surface area contributed by atoms with Gasteiger partial charge in [0.1, 0.15) is 0 Å². The number of carbonyl (C=O) groups is 1. The SMILES string of the molecule is CN1C(=O)[C@](O)(c2ccccc2)c2cc(Cl)ccc21. The van der Waals surface area contributed by atoms with Gasteiger partial charge in [0.15, 0.2) is 5.60 Å². The van der Waals surface area contributed by atoms with Gasteiger partial charge in [-0.2, -0.15) is 0 Å². The molecule has 1 heterocycles. The Morgan fingerprint density at radius 3 is 2.53 bits per heavy atom. The lowest BCUT2D eigenvalue weighted by Gasteiger charge is -2.22. The van der Waals surface area contributed by atoms with E-state index in [0.717, 1.165) is 0 Å². The molecule has 0 fully saturated rings. The van der Waals surface area contributed by atoms with E-state index in [1.807, 2.05) is 6.07 Å². The molecule has 0 saturated carbocycles. The predicted octanol–water partition coefficient (Wildman–Crippen LogP) is 2.55. The van der Waals surface area contributed by atoms with Gasteiger partial charge >= 0.3 is 0 Å². The summed E-state index contributed by atoms with van der Waals surface area (Å²) in [5.41, 5.74) is 0.100. The zero-order valence-electron chi connectivity index (χ0n) is 10.3. The summed E-state index contributed by atoms with van der Waals surface area (Å²) in [5, 5.41) is 11.4. The second kappa shape index (κ2) is 4.08. The monoisotopic (exact) mass is 273 g/mol. The third-order valence-corrected chi connectivity index (χ3v) is 3.75. The summed E-state index contributed by atoms with van der Waals surface area (Å²) < 4.78 is 0. The molecule has 4 heteroatoms. The largest absolute Gasteiger partial charge is 0.372 e. The van der Waals surface area contributed by atoms with Crippen molar-refractivity contribution in [3.8, 4) is 0 Å². The van der Waals surface area contributed by atoms with E-state index in [0.29, 0.717) is 21.8 Å². The number of fused-ring (bicyclic) bond motifs is 1. The highest BCUT2D eigenvalue weighted by molar-refractivity contribution is 6.31. The molecule has 0 aliphatic carbocycles. The highest BCUT2D eigenvalue weighted by Crippen LogP contribution is 2.44. The maximum Gasteiger partial charge on any atom is 0.268 e. The van der Waals surface area contributed by atoms with Crippen LogP contribution in [0.5, 0.6) is 0 Å². The molecule has 0 radical (unpaired) electrons. The molecule has 2 aromatic carbocycles. The molecule has 1 N–H and O–H groups in total. The summed E-state index contributed by atoms with van der Waals surface area (Å²) in [4.78, 5) is 13.9. The Morgan fingerprint density at radius 2 is 1.84 bits per heavy atom. The number of likely N-dealkylation sites (N-methyl/N-ethyl adjacent to an activating group) is 1. The number of rotatable bonds is 1. The van der Waals surface area contributed by atoms with E-state index < -0.39 is 5.60 Å². The smallest absolute Gasteiger partial charge is 0.268 e. The molecular formula is C15H12ClNO2. The van der Waals surface area contributed by atoms with Crippen molar-refractivity contribution in [1.82, 2.24) is 0 Å². The minimum absolute atomic E-state index is 0.365. The third-order valence-electron chi connectivity index (χ3n) is 3.52. The molecular weight excluding hydrogens is 262 g/mol. The standard InChI is InChI=1S/C15H12ClNO2/c1-17-13-8-7-11(16)9-12(13)15(19,14(17)18)10-5-3-2-4-6-10/h2-9,19H,1H3/t15-/m0/s1. The second-order valence-corrected chi connectivity index (χ2v) is 5.04. The molecule has 19 heavy (non-hydrogen) atoms. The van der Waals surface area contributed by atoms with Crippen LogP contribution in [0.25, 0.3) is 0 Å². The van der Waals surface area contributed by atoms with Gasteiger partial charge in [0.25, 0.3) is 5.91 Å². The van der Waals surface area contributed by atoms with Crippen LogP contribution in [0.15, 0.2) is 48.5 Å². The highest BCUT2D eigenvalue weighted by Gasteiger charge is 2.49. The Kier molecular flexibility index (Phi) is 2.62. The maximum absolute atomic E-state index is 12.4. The quantitative estimate of drug-likeness (QED) is 0.867. The van der Waals surface area contributed by atoms with Gasteiger partial charge in [0, 0.05) is 17.6 Å². The van der Waals surface area contributed by atoms with Gasteiger partial charge in [0.2, 0.25) is 0 Å². The van der Waals surface area contributed by atoms with E-state index in [-0.39, 0.29) is 5.91 Å². The van der Waals surface area contributed by atoms with Crippen molar-refractivity contribution in [2.45, 2.75) is 5.60 Å². The average Bonchev–Trinajstić information content (AvgIpc) is 2.63. The predicted molar refractivity (Wildman–Crippen MR) is 74.3 cm³/mol. The summed E-state index contributed by atoms with van der Waals surface area (Å²) in [6.45, 7) is 0. The maximum atomic E-state index is 12.4. The van der Waals surface area contributed by atoms with E-state index in [4.69, 9.17) is 11.6 Å². The van der Waals surface area contributed by atoms with E-state index >= 15 is 0 Å². The summed E-state index contributed by atoms with van der Waals surface area (Å²) in [6, 6.07) is 14.0. The number of carbonyl (C=O) groups excluding carboxylic acids is 1. The first-order valence-corrected chi connectivity index (χ1v) is 6.29. The van der Waals surface area contributed by atoms with Crippen molar-refractivity contribution in [1.29, 1.82) is 0 Å². The fourth-order valence-electron chi connectivity index (χ4n) is 2.52. The lowest BCUT2D eigenvalue weighted by molar-refractivity contribution is -0.131. The number of hydrogen-bond donors (Lipinski definition) is 1. The van der Waals surface area contributed by atoms with E-state index in [1.165, 1.54) is 4.90 Å². The molecule has 0 spiro atoms. The van der Waals surface area contributed by atoms with Crippen LogP contribution in [0, 0.1) is 0 Å². The van der Waals surface area contributed by atoms with Crippen LogP contribution in [0.2, 0.25) is 5.02 Å². The van der Waals surface area contributed by atoms with Gasteiger partial charge < -0.3 is 10.0 Å². The third kappa shape index (κ3) is 1.59. The molecule has 2 aromatic rings. The van der Waals surface area contributed by atoms with Crippen molar-refractivity contribution < 1.29 is 9.90 Å². The molecule has 0 bridgehead atoms. The van der Waals surface area contributed by atoms with Gasteiger partial charge in [-0.3, -0.25) is 4.79 Å². The number of amides is 1. The molecule has 1 aliphatic heterocycles. The van der Waals surface area contributed by atoms with Crippen LogP contribution in [0.3, 0.4) is 0 Å². The van der Waals surface area contributed by atoms with Crippen LogP contribution in [0.1, 0.15) is 11.1 Å². The Labute approximate surface area is 116 Å². The van der Waals surface area contributed by atoms with Crippen LogP contribution in [0.4, 0.5) is 5.69 Å². The van der Waals surface area contributed by atoms with E-state index in [9.17, 15) is 9.90 Å². The number of halogens is 1. The Balaban J connectivity index is 2.29.